The van der Waals surface area contributed by atoms with Gasteiger partial charge in [0.1, 0.15) is 0 Å². The molecule has 1 aromatic carbocycles. The first-order valence-corrected chi connectivity index (χ1v) is 5.91. The molecule has 0 radical (unpaired) electrons. The highest BCUT2D eigenvalue weighted by Crippen LogP contribution is 2.28. The van der Waals surface area contributed by atoms with Gasteiger partial charge in [0.2, 0.25) is 0 Å². The van der Waals surface area contributed by atoms with Crippen LogP contribution in [0.3, 0.4) is 0 Å². The standard InChI is InChI=1S/C13H20N2O/c1-16-10-11-3-4-13-12(9-11)5-8-15(13)7-2-6-14/h3-4,9H,2,5-8,10,14H2,1H3. The van der Waals surface area contributed by atoms with Crippen molar-refractivity contribution in [3.63, 3.8) is 0 Å². The maximum Gasteiger partial charge on any atom is 0.0713 e. The van der Waals surface area contributed by atoms with Gasteiger partial charge in [0, 0.05) is 25.9 Å². The zero-order valence-corrected chi connectivity index (χ0v) is 9.91. The Bertz CT molecular complexity index is 352. The molecule has 0 aliphatic carbocycles. The quantitative estimate of drug-likeness (QED) is 0.818. The minimum Gasteiger partial charge on any atom is -0.380 e. The zero-order valence-electron chi connectivity index (χ0n) is 9.91. The van der Waals surface area contributed by atoms with E-state index in [1.165, 1.54) is 16.8 Å². The van der Waals surface area contributed by atoms with Crippen molar-refractivity contribution in [3.05, 3.63) is 29.3 Å². The molecule has 88 valence electrons. The molecule has 16 heavy (non-hydrogen) atoms. The van der Waals surface area contributed by atoms with Crippen LogP contribution >= 0.6 is 0 Å². The lowest BCUT2D eigenvalue weighted by Gasteiger charge is -2.18. The first-order chi connectivity index (χ1) is 7.85. The molecule has 0 atom stereocenters. The fourth-order valence-corrected chi connectivity index (χ4v) is 2.29. The van der Waals surface area contributed by atoms with Crippen LogP contribution in [0, 0.1) is 0 Å². The number of ether oxygens (including phenoxy) is 1. The second-order valence-electron chi connectivity index (χ2n) is 4.28. The smallest absolute Gasteiger partial charge is 0.0713 e. The van der Waals surface area contributed by atoms with Gasteiger partial charge in [-0.2, -0.15) is 0 Å². The molecular weight excluding hydrogens is 200 g/mol. The SMILES string of the molecule is COCc1ccc2c(c1)CCN2CCCN. The number of fused-ring (bicyclic) bond motifs is 1. The predicted octanol–water partition coefficient (Wildman–Crippen LogP) is 1.54. The fourth-order valence-electron chi connectivity index (χ4n) is 2.29. The topological polar surface area (TPSA) is 38.5 Å². The molecule has 0 saturated carbocycles. The van der Waals surface area contributed by atoms with Gasteiger partial charge in [-0.3, -0.25) is 0 Å². The number of nitrogens with zero attached hydrogens (tertiary/aromatic N) is 1. The van der Waals surface area contributed by atoms with Crippen LogP contribution in [0.1, 0.15) is 17.5 Å². The van der Waals surface area contributed by atoms with Gasteiger partial charge in [-0.15, -0.1) is 0 Å². The van der Waals surface area contributed by atoms with Crippen LogP contribution < -0.4 is 10.6 Å². The van der Waals surface area contributed by atoms with Gasteiger partial charge < -0.3 is 15.4 Å². The van der Waals surface area contributed by atoms with E-state index in [1.807, 2.05) is 0 Å². The summed E-state index contributed by atoms with van der Waals surface area (Å²) in [5, 5.41) is 0. The van der Waals surface area contributed by atoms with E-state index in [1.54, 1.807) is 7.11 Å². The summed E-state index contributed by atoms with van der Waals surface area (Å²) < 4.78 is 5.15. The summed E-state index contributed by atoms with van der Waals surface area (Å²) in [5.41, 5.74) is 9.65. The lowest BCUT2D eigenvalue weighted by Crippen LogP contribution is -2.23. The van der Waals surface area contributed by atoms with Crippen LogP contribution in [0.4, 0.5) is 5.69 Å². The summed E-state index contributed by atoms with van der Waals surface area (Å²) in [6, 6.07) is 6.64. The Hall–Kier alpha value is -1.06. The normalized spacial score (nSPS) is 14.2. The van der Waals surface area contributed by atoms with Crippen molar-refractivity contribution in [3.8, 4) is 0 Å². The van der Waals surface area contributed by atoms with Crippen molar-refractivity contribution in [2.24, 2.45) is 5.73 Å². The number of benzene rings is 1. The predicted molar refractivity (Wildman–Crippen MR) is 66.7 cm³/mol. The molecule has 0 spiro atoms. The molecule has 1 aliphatic rings. The van der Waals surface area contributed by atoms with Crippen molar-refractivity contribution in [2.75, 3.05) is 31.6 Å². The number of rotatable bonds is 5. The molecule has 0 aromatic heterocycles. The second kappa shape index (κ2) is 5.32. The first kappa shape index (κ1) is 11.4. The Balaban J connectivity index is 2.09. The molecule has 2 N–H and O–H groups in total. The highest BCUT2D eigenvalue weighted by Gasteiger charge is 2.18. The summed E-state index contributed by atoms with van der Waals surface area (Å²) in [4.78, 5) is 2.43. The average molecular weight is 220 g/mol. The molecule has 0 saturated heterocycles. The maximum absolute atomic E-state index is 5.55. The summed E-state index contributed by atoms with van der Waals surface area (Å²) in [6.07, 6.45) is 2.22. The molecule has 0 fully saturated rings. The van der Waals surface area contributed by atoms with Crippen LogP contribution in [0.2, 0.25) is 0 Å². The lowest BCUT2D eigenvalue weighted by molar-refractivity contribution is 0.185. The third-order valence-electron chi connectivity index (χ3n) is 3.08. The van der Waals surface area contributed by atoms with Gasteiger partial charge in [-0.25, -0.2) is 0 Å². The van der Waals surface area contributed by atoms with Crippen LogP contribution in [0.5, 0.6) is 0 Å². The van der Waals surface area contributed by atoms with E-state index in [2.05, 4.69) is 23.1 Å². The van der Waals surface area contributed by atoms with Gasteiger partial charge in [-0.1, -0.05) is 12.1 Å². The molecule has 1 aromatic rings. The summed E-state index contributed by atoms with van der Waals surface area (Å²) in [6.45, 7) is 3.68. The maximum atomic E-state index is 5.55. The summed E-state index contributed by atoms with van der Waals surface area (Å²) >= 11 is 0. The Kier molecular flexibility index (Phi) is 3.80. The number of methoxy groups -OCH3 is 1. The van der Waals surface area contributed by atoms with Crippen LogP contribution in [0.15, 0.2) is 18.2 Å². The van der Waals surface area contributed by atoms with Crippen molar-refractivity contribution in [2.45, 2.75) is 19.4 Å². The number of hydrogen-bond acceptors (Lipinski definition) is 3. The van der Waals surface area contributed by atoms with E-state index in [9.17, 15) is 0 Å². The van der Waals surface area contributed by atoms with Crippen molar-refractivity contribution in [1.82, 2.24) is 0 Å². The number of anilines is 1. The van der Waals surface area contributed by atoms with Gasteiger partial charge in [0.15, 0.2) is 0 Å². The van der Waals surface area contributed by atoms with Gasteiger partial charge in [-0.05, 0) is 36.6 Å². The zero-order chi connectivity index (χ0) is 11.4. The van der Waals surface area contributed by atoms with E-state index in [4.69, 9.17) is 10.5 Å². The van der Waals surface area contributed by atoms with E-state index in [0.29, 0.717) is 6.61 Å². The molecule has 0 bridgehead atoms. The van der Waals surface area contributed by atoms with Crippen molar-refractivity contribution in [1.29, 1.82) is 0 Å². The monoisotopic (exact) mass is 220 g/mol. The van der Waals surface area contributed by atoms with E-state index < -0.39 is 0 Å². The highest BCUT2D eigenvalue weighted by molar-refractivity contribution is 5.59. The first-order valence-electron chi connectivity index (χ1n) is 5.91. The summed E-state index contributed by atoms with van der Waals surface area (Å²) in [5.74, 6) is 0. The molecule has 0 unspecified atom stereocenters. The van der Waals surface area contributed by atoms with Gasteiger partial charge in [0.25, 0.3) is 0 Å². The van der Waals surface area contributed by atoms with E-state index in [-0.39, 0.29) is 0 Å². The third-order valence-corrected chi connectivity index (χ3v) is 3.08. The molecule has 0 amide bonds. The number of nitrogens with two attached hydrogens (primary N) is 1. The largest absolute Gasteiger partial charge is 0.380 e. The third kappa shape index (κ3) is 2.36. The molecule has 2 rings (SSSR count). The molecule has 1 aliphatic heterocycles. The van der Waals surface area contributed by atoms with E-state index in [0.717, 1.165) is 32.5 Å². The van der Waals surface area contributed by atoms with Gasteiger partial charge >= 0.3 is 0 Å². The molecule has 1 heterocycles. The highest BCUT2D eigenvalue weighted by atomic mass is 16.5. The van der Waals surface area contributed by atoms with Crippen LogP contribution in [0.25, 0.3) is 0 Å². The van der Waals surface area contributed by atoms with E-state index >= 15 is 0 Å². The summed E-state index contributed by atoms with van der Waals surface area (Å²) in [7, 11) is 1.74. The Morgan fingerprint density at radius 1 is 1.44 bits per heavy atom. The number of hydrogen-bond donors (Lipinski definition) is 1. The second-order valence-corrected chi connectivity index (χ2v) is 4.28. The van der Waals surface area contributed by atoms with Crippen molar-refractivity contribution < 1.29 is 4.74 Å². The molecule has 3 heteroatoms. The Morgan fingerprint density at radius 2 is 2.31 bits per heavy atom. The average Bonchev–Trinajstić information content (AvgIpc) is 2.69. The van der Waals surface area contributed by atoms with Crippen molar-refractivity contribution >= 4 is 5.69 Å². The van der Waals surface area contributed by atoms with Gasteiger partial charge in [0.05, 0.1) is 6.61 Å². The minimum absolute atomic E-state index is 0.704. The van der Waals surface area contributed by atoms with Crippen LogP contribution in [-0.4, -0.2) is 26.7 Å². The fraction of sp³-hybridized carbons (Fsp3) is 0.538. The Labute approximate surface area is 97.2 Å². The van der Waals surface area contributed by atoms with Crippen LogP contribution in [-0.2, 0) is 17.8 Å². The molecule has 3 nitrogen and oxygen atoms in total. The minimum atomic E-state index is 0.704. The Morgan fingerprint density at radius 3 is 3.06 bits per heavy atom. The lowest BCUT2D eigenvalue weighted by atomic mass is 10.1. The molecular formula is C13H20N2O.